The van der Waals surface area contributed by atoms with E-state index in [-0.39, 0.29) is 27.3 Å². The van der Waals surface area contributed by atoms with Crippen LogP contribution >= 0.6 is 23.2 Å². The Bertz CT molecular complexity index is 1380. The van der Waals surface area contributed by atoms with E-state index in [1.54, 1.807) is 29.2 Å². The zero-order valence-electron chi connectivity index (χ0n) is 18.1. The van der Waals surface area contributed by atoms with Crippen molar-refractivity contribution in [3.63, 3.8) is 0 Å². The predicted molar refractivity (Wildman–Crippen MR) is 134 cm³/mol. The highest BCUT2D eigenvalue weighted by molar-refractivity contribution is 7.92. The van der Waals surface area contributed by atoms with E-state index in [1.165, 1.54) is 18.2 Å². The van der Waals surface area contributed by atoms with Crippen LogP contribution in [0.25, 0.3) is 0 Å². The average molecular weight is 514 g/mol. The maximum absolute atomic E-state index is 13.2. The highest BCUT2D eigenvalue weighted by atomic mass is 35.5. The molecule has 1 aliphatic rings. The van der Waals surface area contributed by atoms with Gasteiger partial charge in [0.25, 0.3) is 10.0 Å². The van der Waals surface area contributed by atoms with Gasteiger partial charge in [0.15, 0.2) is 0 Å². The number of aryl methyl sites for hydroxylation is 2. The van der Waals surface area contributed by atoms with Crippen LogP contribution in [0.5, 0.6) is 0 Å². The summed E-state index contributed by atoms with van der Waals surface area (Å²) < 4.78 is 28.8. The van der Waals surface area contributed by atoms with Crippen LogP contribution in [0, 0.1) is 11.3 Å². The fourth-order valence-electron chi connectivity index (χ4n) is 4.00. The predicted octanol–water partition coefficient (Wildman–Crippen LogP) is 5.58. The van der Waals surface area contributed by atoms with Crippen LogP contribution in [-0.2, 0) is 27.7 Å². The number of sulfonamides is 1. The molecule has 0 aromatic heterocycles. The number of amides is 1. The number of halogens is 2. The molecule has 34 heavy (non-hydrogen) atoms. The molecule has 0 aliphatic carbocycles. The number of anilines is 2. The van der Waals surface area contributed by atoms with Gasteiger partial charge in [0, 0.05) is 18.0 Å². The standard InChI is InChI=1S/C25H21Cl2N3O3S/c26-20-11-12-21(27)23(15-20)34(32,33)29-22-5-1-3-19-4-2-14-30(25(19)22)24(31)13-10-17-6-8-18(16-28)9-7-17/h1,3,5-9,11-12,15,29H,2,4,10,13-14H2. The monoisotopic (exact) mass is 513 g/mol. The largest absolute Gasteiger partial charge is 0.310 e. The fourth-order valence-corrected chi connectivity index (χ4v) is 5.83. The lowest BCUT2D eigenvalue weighted by Crippen LogP contribution is -2.36. The minimum absolute atomic E-state index is 0.0528. The van der Waals surface area contributed by atoms with E-state index >= 15 is 0 Å². The summed E-state index contributed by atoms with van der Waals surface area (Å²) in [5.74, 6) is -0.0993. The molecule has 0 spiro atoms. The first-order valence-corrected chi connectivity index (χ1v) is 12.9. The van der Waals surface area contributed by atoms with E-state index in [0.29, 0.717) is 29.9 Å². The van der Waals surface area contributed by atoms with E-state index in [2.05, 4.69) is 10.8 Å². The quantitative estimate of drug-likeness (QED) is 0.465. The summed E-state index contributed by atoms with van der Waals surface area (Å²) in [7, 11) is -4.04. The SMILES string of the molecule is N#Cc1ccc(CCC(=O)N2CCCc3cccc(NS(=O)(=O)c4cc(Cl)ccc4Cl)c32)cc1. The van der Waals surface area contributed by atoms with Crippen molar-refractivity contribution in [3.05, 3.63) is 87.4 Å². The maximum Gasteiger partial charge on any atom is 0.263 e. The molecule has 0 saturated carbocycles. The van der Waals surface area contributed by atoms with Gasteiger partial charge in [0.1, 0.15) is 4.90 Å². The molecule has 0 fully saturated rings. The molecule has 1 N–H and O–H groups in total. The lowest BCUT2D eigenvalue weighted by Gasteiger charge is -2.32. The van der Waals surface area contributed by atoms with Crippen LogP contribution in [0.15, 0.2) is 65.6 Å². The topological polar surface area (TPSA) is 90.3 Å². The molecule has 0 bridgehead atoms. The summed E-state index contributed by atoms with van der Waals surface area (Å²) in [6.45, 7) is 0.496. The highest BCUT2D eigenvalue weighted by Gasteiger charge is 2.28. The summed E-state index contributed by atoms with van der Waals surface area (Å²) in [6, 6.07) is 18.8. The minimum atomic E-state index is -4.04. The lowest BCUT2D eigenvalue weighted by molar-refractivity contribution is -0.118. The molecule has 1 amide bonds. The molecular formula is C25H21Cl2N3O3S. The summed E-state index contributed by atoms with van der Waals surface area (Å²) >= 11 is 12.1. The van der Waals surface area contributed by atoms with E-state index in [4.69, 9.17) is 28.5 Å². The number of nitriles is 1. The smallest absolute Gasteiger partial charge is 0.263 e. The highest BCUT2D eigenvalue weighted by Crippen LogP contribution is 2.37. The Balaban J connectivity index is 1.60. The van der Waals surface area contributed by atoms with Gasteiger partial charge in [0.2, 0.25) is 5.91 Å². The van der Waals surface area contributed by atoms with Crippen molar-refractivity contribution in [2.24, 2.45) is 0 Å². The van der Waals surface area contributed by atoms with E-state index in [0.717, 1.165) is 24.0 Å². The molecule has 3 aromatic carbocycles. The van der Waals surface area contributed by atoms with Gasteiger partial charge in [-0.2, -0.15) is 5.26 Å². The fraction of sp³-hybridized carbons (Fsp3) is 0.200. The van der Waals surface area contributed by atoms with Gasteiger partial charge in [-0.1, -0.05) is 47.5 Å². The summed E-state index contributed by atoms with van der Waals surface area (Å²) in [6.07, 6.45) is 2.29. The van der Waals surface area contributed by atoms with Gasteiger partial charge in [0.05, 0.1) is 28.0 Å². The summed E-state index contributed by atoms with van der Waals surface area (Å²) in [5.41, 5.74) is 3.31. The number of benzene rings is 3. The van der Waals surface area contributed by atoms with Crippen LogP contribution in [-0.4, -0.2) is 20.9 Å². The second kappa shape index (κ2) is 10.1. The van der Waals surface area contributed by atoms with Crippen molar-refractivity contribution in [1.29, 1.82) is 5.26 Å². The lowest BCUT2D eigenvalue weighted by atomic mass is 9.99. The third-order valence-corrected chi connectivity index (χ3v) is 7.74. The number of carbonyl (C=O) groups excluding carboxylic acids is 1. The maximum atomic E-state index is 13.2. The van der Waals surface area contributed by atoms with Crippen molar-refractivity contribution < 1.29 is 13.2 Å². The van der Waals surface area contributed by atoms with Crippen LogP contribution in [0.2, 0.25) is 10.0 Å². The van der Waals surface area contributed by atoms with Gasteiger partial charge >= 0.3 is 0 Å². The molecule has 0 radical (unpaired) electrons. The van der Waals surface area contributed by atoms with E-state index < -0.39 is 10.0 Å². The van der Waals surface area contributed by atoms with Crippen molar-refractivity contribution in [2.45, 2.75) is 30.6 Å². The van der Waals surface area contributed by atoms with E-state index in [9.17, 15) is 13.2 Å². The summed E-state index contributed by atoms with van der Waals surface area (Å²) in [5, 5.41) is 9.25. The van der Waals surface area contributed by atoms with Crippen LogP contribution < -0.4 is 9.62 Å². The van der Waals surface area contributed by atoms with Crippen molar-refractivity contribution >= 4 is 50.5 Å². The van der Waals surface area contributed by atoms with E-state index in [1.807, 2.05) is 18.2 Å². The Morgan fingerprint density at radius 2 is 1.85 bits per heavy atom. The molecule has 9 heteroatoms. The molecule has 1 heterocycles. The molecular weight excluding hydrogens is 493 g/mol. The van der Waals surface area contributed by atoms with Crippen molar-refractivity contribution in [3.8, 4) is 6.07 Å². The zero-order valence-corrected chi connectivity index (χ0v) is 20.4. The molecule has 1 aliphatic heterocycles. The number of carbonyl (C=O) groups is 1. The number of hydrogen-bond donors (Lipinski definition) is 1. The Hall–Kier alpha value is -3.05. The Labute approximate surface area is 208 Å². The molecule has 0 unspecified atom stereocenters. The number of para-hydroxylation sites is 1. The Morgan fingerprint density at radius 1 is 1.09 bits per heavy atom. The minimum Gasteiger partial charge on any atom is -0.310 e. The first-order chi connectivity index (χ1) is 16.3. The first kappa shape index (κ1) is 24.1. The van der Waals surface area contributed by atoms with Crippen LogP contribution in [0.3, 0.4) is 0 Å². The van der Waals surface area contributed by atoms with Crippen LogP contribution in [0.1, 0.15) is 29.5 Å². The average Bonchev–Trinajstić information content (AvgIpc) is 2.84. The molecule has 3 aromatic rings. The number of fused-ring (bicyclic) bond motifs is 1. The van der Waals surface area contributed by atoms with Gasteiger partial charge in [-0.05, 0) is 66.8 Å². The third-order valence-electron chi connectivity index (χ3n) is 5.66. The molecule has 4 rings (SSSR count). The second-order valence-electron chi connectivity index (χ2n) is 7.95. The normalized spacial score (nSPS) is 13.1. The molecule has 6 nitrogen and oxygen atoms in total. The number of nitrogens with zero attached hydrogens (tertiary/aromatic N) is 2. The molecule has 0 atom stereocenters. The molecule has 174 valence electrons. The number of nitrogens with one attached hydrogen (secondary N) is 1. The Morgan fingerprint density at radius 3 is 2.59 bits per heavy atom. The van der Waals surface area contributed by atoms with Gasteiger partial charge < -0.3 is 4.90 Å². The van der Waals surface area contributed by atoms with Crippen molar-refractivity contribution in [1.82, 2.24) is 0 Å². The molecule has 0 saturated heterocycles. The number of rotatable bonds is 6. The van der Waals surface area contributed by atoms with Crippen molar-refractivity contribution in [2.75, 3.05) is 16.2 Å². The zero-order chi connectivity index (χ0) is 24.3. The summed E-state index contributed by atoms with van der Waals surface area (Å²) in [4.78, 5) is 14.7. The number of hydrogen-bond acceptors (Lipinski definition) is 4. The van der Waals surface area contributed by atoms with Crippen LogP contribution in [0.4, 0.5) is 11.4 Å². The second-order valence-corrected chi connectivity index (χ2v) is 10.4. The van der Waals surface area contributed by atoms with Gasteiger partial charge in [-0.3, -0.25) is 9.52 Å². The van der Waals surface area contributed by atoms with Gasteiger partial charge in [-0.25, -0.2) is 8.42 Å². The van der Waals surface area contributed by atoms with Gasteiger partial charge in [-0.15, -0.1) is 0 Å². The first-order valence-electron chi connectivity index (χ1n) is 10.7. The Kier molecular flexibility index (Phi) is 7.13. The third kappa shape index (κ3) is 5.20.